The number of carbonyl (C=O) groups excluding carboxylic acids is 1. The van der Waals surface area contributed by atoms with Gasteiger partial charge in [0.1, 0.15) is 5.92 Å². The van der Waals surface area contributed by atoms with Gasteiger partial charge in [-0.2, -0.15) is 5.26 Å². The van der Waals surface area contributed by atoms with Crippen LogP contribution in [0, 0.1) is 17.2 Å². The Bertz CT molecular complexity index is 538. The molecule has 2 saturated heterocycles. The van der Waals surface area contributed by atoms with Crippen LogP contribution in [0.1, 0.15) is 31.2 Å². The number of nitrogens with zero attached hydrogens (tertiary/aromatic N) is 2. The summed E-state index contributed by atoms with van der Waals surface area (Å²) < 4.78 is 0. The third-order valence-electron chi connectivity index (χ3n) is 4.70. The third-order valence-corrected chi connectivity index (χ3v) is 4.70. The van der Waals surface area contributed by atoms with Crippen molar-refractivity contribution in [1.82, 2.24) is 4.90 Å². The molecule has 2 aliphatic rings. The molecule has 21 heavy (non-hydrogen) atoms. The van der Waals surface area contributed by atoms with Crippen molar-refractivity contribution in [3.8, 4) is 6.07 Å². The number of piperidine rings is 1. The topological polar surface area (TPSA) is 64.3 Å². The van der Waals surface area contributed by atoms with E-state index in [1.54, 1.807) is 0 Å². The summed E-state index contributed by atoms with van der Waals surface area (Å²) in [5.41, 5.74) is 1.02. The molecule has 3 rings (SSSR count). The summed E-state index contributed by atoms with van der Waals surface area (Å²) in [4.78, 5) is 14.6. The Labute approximate surface area is 125 Å². The van der Waals surface area contributed by atoms with E-state index >= 15 is 0 Å². The van der Waals surface area contributed by atoms with Gasteiger partial charge >= 0.3 is 0 Å². The molecule has 3 unspecified atom stereocenters. The van der Waals surface area contributed by atoms with Crippen LogP contribution in [0.25, 0.3) is 0 Å². The van der Waals surface area contributed by atoms with Crippen molar-refractivity contribution in [2.75, 3.05) is 0 Å². The van der Waals surface area contributed by atoms with E-state index in [1.807, 2.05) is 35.2 Å². The Hall–Kier alpha value is -1.86. The lowest BCUT2D eigenvalue weighted by molar-refractivity contribution is -0.140. The molecular formula is C17H20N2O2. The van der Waals surface area contributed by atoms with Crippen LogP contribution >= 0.6 is 0 Å². The van der Waals surface area contributed by atoms with Crippen LogP contribution in [0.15, 0.2) is 30.3 Å². The maximum absolute atomic E-state index is 12.7. The number of rotatable bonds is 3. The first kappa shape index (κ1) is 14.1. The molecule has 0 spiro atoms. The number of hydrogen-bond acceptors (Lipinski definition) is 3. The van der Waals surface area contributed by atoms with Crippen molar-refractivity contribution < 1.29 is 9.90 Å². The number of aliphatic hydroxyl groups excluding tert-OH is 1. The number of amides is 1. The van der Waals surface area contributed by atoms with Crippen LogP contribution in [-0.2, 0) is 11.2 Å². The summed E-state index contributed by atoms with van der Waals surface area (Å²) in [5, 5.41) is 19.2. The van der Waals surface area contributed by atoms with E-state index in [9.17, 15) is 15.2 Å². The first-order valence-electron chi connectivity index (χ1n) is 7.63. The van der Waals surface area contributed by atoms with Crippen LogP contribution < -0.4 is 0 Å². The molecule has 2 bridgehead atoms. The second-order valence-electron chi connectivity index (χ2n) is 6.13. The van der Waals surface area contributed by atoms with Crippen molar-refractivity contribution in [3.05, 3.63) is 35.9 Å². The minimum absolute atomic E-state index is 0.0549. The predicted octanol–water partition coefficient (Wildman–Crippen LogP) is 1.88. The van der Waals surface area contributed by atoms with Crippen LogP contribution in [0.5, 0.6) is 0 Å². The van der Waals surface area contributed by atoms with Gasteiger partial charge in [0.15, 0.2) is 0 Å². The van der Waals surface area contributed by atoms with Gasteiger partial charge in [-0.05, 0) is 37.7 Å². The Morgan fingerprint density at radius 3 is 2.48 bits per heavy atom. The highest BCUT2D eigenvalue weighted by Gasteiger charge is 2.44. The molecule has 3 atom stereocenters. The van der Waals surface area contributed by atoms with Crippen molar-refractivity contribution >= 4 is 5.91 Å². The normalized spacial score (nSPS) is 29.0. The summed E-state index contributed by atoms with van der Waals surface area (Å²) in [7, 11) is 0. The second-order valence-corrected chi connectivity index (χ2v) is 6.13. The van der Waals surface area contributed by atoms with Crippen LogP contribution in [0.2, 0.25) is 0 Å². The Morgan fingerprint density at radius 1 is 1.29 bits per heavy atom. The molecule has 2 heterocycles. The minimum Gasteiger partial charge on any atom is -0.393 e. The van der Waals surface area contributed by atoms with E-state index in [0.717, 1.165) is 18.4 Å². The lowest BCUT2D eigenvalue weighted by atomic mass is 9.94. The SMILES string of the molecule is N#CC(Cc1ccccc1)C(=O)N1C2CCC1CC(O)C2. The standard InChI is InChI=1S/C17H20N2O2/c18-11-13(8-12-4-2-1-3-5-12)17(21)19-14-6-7-15(19)10-16(20)9-14/h1-5,13-16,20H,6-10H2. The fraction of sp³-hybridized carbons (Fsp3) is 0.529. The maximum atomic E-state index is 12.7. The Balaban J connectivity index is 1.73. The smallest absolute Gasteiger partial charge is 0.240 e. The molecule has 0 radical (unpaired) electrons. The quantitative estimate of drug-likeness (QED) is 0.921. The molecule has 4 heteroatoms. The minimum atomic E-state index is -0.620. The highest BCUT2D eigenvalue weighted by atomic mass is 16.3. The average molecular weight is 284 g/mol. The lowest BCUT2D eigenvalue weighted by Gasteiger charge is -2.38. The van der Waals surface area contributed by atoms with E-state index in [1.165, 1.54) is 0 Å². The number of carbonyl (C=O) groups is 1. The molecule has 0 aliphatic carbocycles. The van der Waals surface area contributed by atoms with E-state index in [-0.39, 0.29) is 24.1 Å². The van der Waals surface area contributed by atoms with Crippen LogP contribution in [0.3, 0.4) is 0 Å². The number of nitriles is 1. The van der Waals surface area contributed by atoms with Gasteiger partial charge in [-0.3, -0.25) is 4.79 Å². The third kappa shape index (κ3) is 2.79. The zero-order chi connectivity index (χ0) is 14.8. The number of hydrogen-bond donors (Lipinski definition) is 1. The molecule has 0 aromatic heterocycles. The monoisotopic (exact) mass is 284 g/mol. The van der Waals surface area contributed by atoms with Gasteiger partial charge in [0.05, 0.1) is 12.2 Å². The summed E-state index contributed by atoms with van der Waals surface area (Å²) in [6.45, 7) is 0. The number of aliphatic hydroxyl groups is 1. The molecule has 0 saturated carbocycles. The van der Waals surface area contributed by atoms with Crippen molar-refractivity contribution in [2.24, 2.45) is 5.92 Å². The largest absolute Gasteiger partial charge is 0.393 e. The van der Waals surface area contributed by atoms with Gasteiger partial charge in [-0.25, -0.2) is 0 Å². The van der Waals surface area contributed by atoms with Crippen molar-refractivity contribution in [3.63, 3.8) is 0 Å². The van der Waals surface area contributed by atoms with E-state index in [4.69, 9.17) is 0 Å². The number of benzene rings is 1. The summed E-state index contributed by atoms with van der Waals surface area (Å²) in [6, 6.07) is 12.1. The average Bonchev–Trinajstić information content (AvgIpc) is 2.77. The van der Waals surface area contributed by atoms with Gasteiger partial charge in [0.25, 0.3) is 0 Å². The molecule has 1 aromatic carbocycles. The van der Waals surface area contributed by atoms with Crippen molar-refractivity contribution in [2.45, 2.75) is 50.3 Å². The molecule has 4 nitrogen and oxygen atoms in total. The Morgan fingerprint density at radius 2 is 1.90 bits per heavy atom. The first-order chi connectivity index (χ1) is 10.2. The highest BCUT2D eigenvalue weighted by molar-refractivity contribution is 5.82. The Kier molecular flexibility index (Phi) is 3.94. The van der Waals surface area contributed by atoms with Gasteiger partial charge < -0.3 is 10.0 Å². The molecule has 1 N–H and O–H groups in total. The maximum Gasteiger partial charge on any atom is 0.240 e. The molecule has 110 valence electrons. The number of fused-ring (bicyclic) bond motifs is 2. The fourth-order valence-corrected chi connectivity index (χ4v) is 3.73. The lowest BCUT2D eigenvalue weighted by Crippen LogP contribution is -2.50. The molecular weight excluding hydrogens is 264 g/mol. The fourth-order valence-electron chi connectivity index (χ4n) is 3.73. The summed E-state index contributed by atoms with van der Waals surface area (Å²) in [5.74, 6) is -0.675. The van der Waals surface area contributed by atoms with Gasteiger partial charge in [0, 0.05) is 12.1 Å². The first-order valence-corrected chi connectivity index (χ1v) is 7.63. The van der Waals surface area contributed by atoms with E-state index in [2.05, 4.69) is 6.07 Å². The van der Waals surface area contributed by atoms with E-state index < -0.39 is 5.92 Å². The predicted molar refractivity (Wildman–Crippen MR) is 78.1 cm³/mol. The van der Waals surface area contributed by atoms with E-state index in [0.29, 0.717) is 19.3 Å². The van der Waals surface area contributed by atoms with Crippen molar-refractivity contribution in [1.29, 1.82) is 5.26 Å². The molecule has 2 aliphatic heterocycles. The van der Waals surface area contributed by atoms with Gasteiger partial charge in [-0.1, -0.05) is 30.3 Å². The zero-order valence-corrected chi connectivity index (χ0v) is 12.0. The summed E-state index contributed by atoms with van der Waals surface area (Å²) >= 11 is 0. The zero-order valence-electron chi connectivity index (χ0n) is 12.0. The van der Waals surface area contributed by atoms with Gasteiger partial charge in [0.2, 0.25) is 5.91 Å². The molecule has 1 aromatic rings. The van der Waals surface area contributed by atoms with Crippen LogP contribution in [-0.4, -0.2) is 34.1 Å². The molecule has 2 fully saturated rings. The molecule has 1 amide bonds. The summed E-state index contributed by atoms with van der Waals surface area (Å²) in [6.07, 6.45) is 3.40. The highest BCUT2D eigenvalue weighted by Crippen LogP contribution is 2.36. The second kappa shape index (κ2) is 5.87. The van der Waals surface area contributed by atoms with Gasteiger partial charge in [-0.15, -0.1) is 0 Å². The van der Waals surface area contributed by atoms with Crippen LogP contribution in [0.4, 0.5) is 0 Å².